The van der Waals surface area contributed by atoms with Crippen molar-refractivity contribution in [2.24, 2.45) is 0 Å². The highest BCUT2D eigenvalue weighted by Crippen LogP contribution is 2.31. The van der Waals surface area contributed by atoms with E-state index in [0.29, 0.717) is 18.8 Å². The van der Waals surface area contributed by atoms with E-state index in [-0.39, 0.29) is 18.6 Å². The Morgan fingerprint density at radius 3 is 2.58 bits per heavy atom. The lowest BCUT2D eigenvalue weighted by Gasteiger charge is -2.23. The molecule has 1 aliphatic heterocycles. The molecule has 0 bridgehead atoms. The Morgan fingerprint density at radius 1 is 1.42 bits per heavy atom. The number of nitrogens with one attached hydrogen (secondary N) is 1. The number of aliphatic hydroxyl groups is 1. The zero-order chi connectivity index (χ0) is 17.9. The van der Waals surface area contributed by atoms with E-state index >= 15 is 0 Å². The van der Waals surface area contributed by atoms with Crippen molar-refractivity contribution in [3.05, 3.63) is 29.8 Å². The van der Waals surface area contributed by atoms with Crippen LogP contribution in [0.15, 0.2) is 24.3 Å². The first-order chi connectivity index (χ1) is 11.2. The zero-order valence-corrected chi connectivity index (χ0v) is 13.7. The number of nitrogens with zero attached hydrogens (tertiary/aromatic N) is 2. The van der Waals surface area contributed by atoms with Gasteiger partial charge in [-0.2, -0.15) is 13.2 Å². The van der Waals surface area contributed by atoms with Crippen LogP contribution in [0.3, 0.4) is 0 Å². The lowest BCUT2D eigenvalue weighted by atomic mass is 10.2. The first-order valence-corrected chi connectivity index (χ1v) is 7.78. The van der Waals surface area contributed by atoms with E-state index in [2.05, 4.69) is 5.32 Å². The van der Waals surface area contributed by atoms with E-state index in [1.807, 2.05) is 4.90 Å². The Kier molecular flexibility index (Phi) is 5.58. The largest absolute Gasteiger partial charge is 0.416 e. The van der Waals surface area contributed by atoms with Crippen molar-refractivity contribution < 1.29 is 23.1 Å². The topological polar surface area (TPSA) is 55.8 Å². The van der Waals surface area contributed by atoms with Crippen molar-refractivity contribution in [1.29, 1.82) is 0 Å². The minimum atomic E-state index is -4.34. The van der Waals surface area contributed by atoms with E-state index in [4.69, 9.17) is 0 Å². The van der Waals surface area contributed by atoms with Gasteiger partial charge in [0, 0.05) is 38.4 Å². The second-order valence-corrected chi connectivity index (χ2v) is 6.16. The quantitative estimate of drug-likeness (QED) is 0.880. The number of likely N-dealkylation sites (N-methyl/N-ethyl adjacent to an activating group) is 1. The van der Waals surface area contributed by atoms with Crippen LogP contribution < -0.4 is 10.2 Å². The molecule has 2 rings (SSSR count). The zero-order valence-electron chi connectivity index (χ0n) is 13.7. The van der Waals surface area contributed by atoms with Gasteiger partial charge in [-0.3, -0.25) is 0 Å². The highest BCUT2D eigenvalue weighted by Gasteiger charge is 2.31. The standard InChI is InChI=1S/C16H22F3N3O2/c1-11(23)9-21(2)15(24)20-13-7-8-22(10-13)14-5-3-12(4-6-14)16(17,18)19/h3-6,11,13,23H,7-10H2,1-2H3,(H,20,24)/t11-,13+/m1/s1. The van der Waals surface area contributed by atoms with E-state index in [9.17, 15) is 23.1 Å². The Bertz CT molecular complexity index is 561. The molecule has 2 amide bonds. The summed E-state index contributed by atoms with van der Waals surface area (Å²) < 4.78 is 37.8. The summed E-state index contributed by atoms with van der Waals surface area (Å²) in [4.78, 5) is 15.3. The van der Waals surface area contributed by atoms with Gasteiger partial charge in [0.2, 0.25) is 0 Å². The number of halogens is 3. The molecule has 1 aromatic rings. The van der Waals surface area contributed by atoms with Crippen molar-refractivity contribution in [2.45, 2.75) is 31.7 Å². The van der Waals surface area contributed by atoms with Gasteiger partial charge in [0.15, 0.2) is 0 Å². The summed E-state index contributed by atoms with van der Waals surface area (Å²) in [6, 6.07) is 4.69. The molecule has 0 radical (unpaired) electrons. The molecular weight excluding hydrogens is 323 g/mol. The first-order valence-electron chi connectivity index (χ1n) is 7.78. The Labute approximate surface area is 139 Å². The summed E-state index contributed by atoms with van der Waals surface area (Å²) >= 11 is 0. The maximum atomic E-state index is 12.6. The third kappa shape index (κ3) is 4.77. The van der Waals surface area contributed by atoms with Crippen molar-refractivity contribution in [1.82, 2.24) is 10.2 Å². The fourth-order valence-electron chi connectivity index (χ4n) is 2.74. The van der Waals surface area contributed by atoms with Crippen LogP contribution in [-0.4, -0.2) is 54.9 Å². The molecule has 0 saturated carbocycles. The smallest absolute Gasteiger partial charge is 0.392 e. The molecule has 0 aromatic heterocycles. The second-order valence-electron chi connectivity index (χ2n) is 6.16. The summed E-state index contributed by atoms with van der Waals surface area (Å²) in [7, 11) is 1.60. The number of carbonyl (C=O) groups excluding carboxylic acids is 1. The number of amides is 2. The molecule has 24 heavy (non-hydrogen) atoms. The number of anilines is 1. The lowest BCUT2D eigenvalue weighted by molar-refractivity contribution is -0.137. The van der Waals surface area contributed by atoms with Crippen molar-refractivity contribution in [3.8, 4) is 0 Å². The minimum absolute atomic E-state index is 0.0729. The number of rotatable bonds is 4. The van der Waals surface area contributed by atoms with Crippen molar-refractivity contribution >= 4 is 11.7 Å². The Morgan fingerprint density at radius 2 is 2.04 bits per heavy atom. The molecule has 1 aromatic carbocycles. The molecule has 2 atom stereocenters. The van der Waals surface area contributed by atoms with Crippen LogP contribution in [-0.2, 0) is 6.18 Å². The maximum Gasteiger partial charge on any atom is 0.416 e. The van der Waals surface area contributed by atoms with Gasteiger partial charge in [0.25, 0.3) is 0 Å². The van der Waals surface area contributed by atoms with Crippen LogP contribution in [0.2, 0.25) is 0 Å². The van der Waals surface area contributed by atoms with E-state index in [1.165, 1.54) is 17.0 Å². The number of alkyl halides is 3. The molecule has 2 N–H and O–H groups in total. The third-order valence-corrected chi connectivity index (χ3v) is 3.96. The first kappa shape index (κ1) is 18.4. The molecule has 1 saturated heterocycles. The Hall–Kier alpha value is -1.96. The van der Waals surface area contributed by atoms with Gasteiger partial charge in [0.1, 0.15) is 0 Å². The molecule has 134 valence electrons. The predicted octanol–water partition coefficient (Wildman–Crippen LogP) is 2.31. The minimum Gasteiger partial charge on any atom is -0.392 e. The number of carbonyl (C=O) groups is 1. The monoisotopic (exact) mass is 345 g/mol. The van der Waals surface area contributed by atoms with Gasteiger partial charge in [-0.05, 0) is 37.6 Å². The number of benzene rings is 1. The average molecular weight is 345 g/mol. The van der Waals surface area contributed by atoms with Crippen molar-refractivity contribution in [2.75, 3.05) is 31.6 Å². The fourth-order valence-corrected chi connectivity index (χ4v) is 2.74. The van der Waals surface area contributed by atoms with Gasteiger partial charge in [-0.25, -0.2) is 4.79 Å². The van der Waals surface area contributed by atoms with Crippen LogP contribution in [0.4, 0.5) is 23.7 Å². The summed E-state index contributed by atoms with van der Waals surface area (Å²) in [5.41, 5.74) is 0.0344. The van der Waals surface area contributed by atoms with Crippen LogP contribution in [0.25, 0.3) is 0 Å². The normalized spacial score (nSPS) is 19.2. The van der Waals surface area contributed by atoms with Crippen LogP contribution >= 0.6 is 0 Å². The van der Waals surface area contributed by atoms with Gasteiger partial charge < -0.3 is 20.2 Å². The van der Waals surface area contributed by atoms with Crippen molar-refractivity contribution in [3.63, 3.8) is 0 Å². The summed E-state index contributed by atoms with van der Waals surface area (Å²) in [5, 5.41) is 12.2. The summed E-state index contributed by atoms with van der Waals surface area (Å²) in [6.45, 7) is 3.04. The number of hydrogen-bond donors (Lipinski definition) is 2. The predicted molar refractivity (Wildman–Crippen MR) is 84.9 cm³/mol. The number of hydrogen-bond acceptors (Lipinski definition) is 3. The molecular formula is C16H22F3N3O2. The number of aliphatic hydroxyl groups excluding tert-OH is 1. The van der Waals surface area contributed by atoms with Gasteiger partial charge in [0.05, 0.1) is 11.7 Å². The maximum absolute atomic E-state index is 12.6. The van der Waals surface area contributed by atoms with Crippen LogP contribution in [0, 0.1) is 0 Å². The summed E-state index contributed by atoms with van der Waals surface area (Å²) in [5.74, 6) is 0. The molecule has 1 heterocycles. The fraction of sp³-hybridized carbons (Fsp3) is 0.562. The highest BCUT2D eigenvalue weighted by atomic mass is 19.4. The highest BCUT2D eigenvalue weighted by molar-refractivity contribution is 5.74. The van der Waals surface area contributed by atoms with E-state index in [1.54, 1.807) is 14.0 Å². The van der Waals surface area contributed by atoms with E-state index < -0.39 is 17.8 Å². The van der Waals surface area contributed by atoms with Gasteiger partial charge >= 0.3 is 12.2 Å². The summed E-state index contributed by atoms with van der Waals surface area (Å²) in [6.07, 6.45) is -4.22. The van der Waals surface area contributed by atoms with Gasteiger partial charge in [-0.15, -0.1) is 0 Å². The third-order valence-electron chi connectivity index (χ3n) is 3.96. The Balaban J connectivity index is 1.90. The molecule has 1 aliphatic rings. The molecule has 5 nitrogen and oxygen atoms in total. The molecule has 8 heteroatoms. The lowest BCUT2D eigenvalue weighted by Crippen LogP contribution is -2.46. The average Bonchev–Trinajstić information content (AvgIpc) is 2.94. The van der Waals surface area contributed by atoms with Crippen LogP contribution in [0.1, 0.15) is 18.9 Å². The molecule has 0 aliphatic carbocycles. The SMILES string of the molecule is C[C@@H](O)CN(C)C(=O)N[C@H]1CCN(c2ccc(C(F)(F)F)cc2)C1. The van der Waals surface area contributed by atoms with Gasteiger partial charge in [-0.1, -0.05) is 0 Å². The molecule has 0 spiro atoms. The molecule has 0 unspecified atom stereocenters. The van der Waals surface area contributed by atoms with E-state index in [0.717, 1.165) is 18.6 Å². The van der Waals surface area contributed by atoms with Crippen LogP contribution in [0.5, 0.6) is 0 Å². The molecule has 1 fully saturated rings. The number of urea groups is 1. The second kappa shape index (κ2) is 7.29.